The van der Waals surface area contributed by atoms with Crippen LogP contribution in [0.5, 0.6) is 0 Å². The third-order valence-electron chi connectivity index (χ3n) is 0.799. The second-order valence-electron chi connectivity index (χ2n) is 1.65. The van der Waals surface area contributed by atoms with Gasteiger partial charge in [-0.15, -0.1) is 0 Å². The van der Waals surface area contributed by atoms with Crippen LogP contribution in [0.15, 0.2) is 0 Å². The van der Waals surface area contributed by atoms with Crippen LogP contribution >= 0.6 is 18.0 Å². The van der Waals surface area contributed by atoms with Crippen LogP contribution in [0.3, 0.4) is 0 Å². The molecule has 0 aromatic carbocycles. The summed E-state index contributed by atoms with van der Waals surface area (Å²) in [7, 11) is 1.61. The van der Waals surface area contributed by atoms with Gasteiger partial charge in [0.25, 0.3) is 6.65 Å². The highest BCUT2D eigenvalue weighted by Crippen LogP contribution is 2.46. The van der Waals surface area contributed by atoms with Crippen molar-refractivity contribution in [1.29, 1.82) is 0 Å². The maximum Gasteiger partial charge on any atom is 0.263 e. The first-order chi connectivity index (χ1) is 4.12. The van der Waals surface area contributed by atoms with Gasteiger partial charge < -0.3 is 0 Å². The topological polar surface area (TPSA) is 55.1 Å². The van der Waals surface area contributed by atoms with Crippen molar-refractivity contribution in [2.24, 2.45) is 5.50 Å². The molecular weight excluding hydrogens is 155 g/mol. The average Bonchev–Trinajstić information content (AvgIpc) is 1.84. The lowest BCUT2D eigenvalue weighted by Crippen LogP contribution is -2.07. The first kappa shape index (κ1) is 9.50. The number of hydrogen-bond donors (Lipinski definition) is 2. The molecular formula is C4H13N2OPS. The quantitative estimate of drug-likeness (QED) is 0.623. The van der Waals surface area contributed by atoms with Crippen molar-refractivity contribution in [1.82, 2.24) is 5.09 Å². The molecule has 56 valence electrons. The highest BCUT2D eigenvalue weighted by molar-refractivity contribution is 8.56. The normalized spacial score (nSPS) is 17.2. The summed E-state index contributed by atoms with van der Waals surface area (Å²) in [6, 6.07) is 0. The van der Waals surface area contributed by atoms with Gasteiger partial charge in [-0.05, 0) is 13.5 Å². The third-order valence-corrected chi connectivity index (χ3v) is 4.64. The largest absolute Gasteiger partial charge is 0.277 e. The molecule has 3 nitrogen and oxygen atoms in total. The molecule has 0 aliphatic rings. The Morgan fingerprint density at radius 3 is 2.67 bits per heavy atom. The summed E-state index contributed by atoms with van der Waals surface area (Å²) in [6.07, 6.45) is 1.01. The summed E-state index contributed by atoms with van der Waals surface area (Å²) >= 11 is 1.30. The Balaban J connectivity index is 3.46. The summed E-state index contributed by atoms with van der Waals surface area (Å²) in [4.78, 5) is 0. The maximum absolute atomic E-state index is 11.0. The van der Waals surface area contributed by atoms with Gasteiger partial charge in [0.15, 0.2) is 0 Å². The van der Waals surface area contributed by atoms with E-state index >= 15 is 0 Å². The molecule has 3 N–H and O–H groups in total. The lowest BCUT2D eigenvalue weighted by molar-refractivity contribution is 0.581. The van der Waals surface area contributed by atoms with Gasteiger partial charge in [0.1, 0.15) is 0 Å². The van der Waals surface area contributed by atoms with Gasteiger partial charge in [0.05, 0.1) is 0 Å². The van der Waals surface area contributed by atoms with Gasteiger partial charge in [-0.2, -0.15) is 0 Å². The van der Waals surface area contributed by atoms with E-state index in [0.29, 0.717) is 0 Å². The second kappa shape index (κ2) is 4.34. The first-order valence-electron chi connectivity index (χ1n) is 2.84. The van der Waals surface area contributed by atoms with E-state index in [-0.39, 0.29) is 0 Å². The van der Waals surface area contributed by atoms with E-state index < -0.39 is 6.65 Å². The molecule has 0 bridgehead atoms. The first-order valence-corrected chi connectivity index (χ1v) is 6.21. The van der Waals surface area contributed by atoms with E-state index in [1.54, 1.807) is 7.05 Å². The van der Waals surface area contributed by atoms with Gasteiger partial charge in [-0.1, -0.05) is 18.3 Å². The predicted molar refractivity (Wildman–Crippen MR) is 43.6 cm³/mol. The smallest absolute Gasteiger partial charge is 0.263 e. The van der Waals surface area contributed by atoms with Gasteiger partial charge in [-0.25, -0.2) is 5.09 Å². The minimum atomic E-state index is -2.52. The van der Waals surface area contributed by atoms with Gasteiger partial charge in [0, 0.05) is 5.75 Å². The summed E-state index contributed by atoms with van der Waals surface area (Å²) in [5, 5.41) is 2.57. The van der Waals surface area contributed by atoms with Crippen molar-refractivity contribution >= 4 is 18.0 Å². The van der Waals surface area contributed by atoms with Crippen LogP contribution in [0.2, 0.25) is 0 Å². The van der Waals surface area contributed by atoms with Crippen molar-refractivity contribution < 1.29 is 4.57 Å². The Morgan fingerprint density at radius 2 is 2.33 bits per heavy atom. The average molecular weight is 168 g/mol. The molecule has 0 rings (SSSR count). The van der Waals surface area contributed by atoms with Crippen LogP contribution in [0.1, 0.15) is 13.3 Å². The lowest BCUT2D eigenvalue weighted by Gasteiger charge is -2.07. The molecule has 1 unspecified atom stereocenters. The number of hydrogen-bond acceptors (Lipinski definition) is 2. The molecule has 0 radical (unpaired) electrons. The summed E-state index contributed by atoms with van der Waals surface area (Å²) < 4.78 is 11.0. The Labute approximate surface area is 60.0 Å². The van der Waals surface area contributed by atoms with Gasteiger partial charge >= 0.3 is 0 Å². The highest BCUT2D eigenvalue weighted by Gasteiger charge is 2.10. The molecule has 1 atom stereocenters. The van der Waals surface area contributed by atoms with Crippen LogP contribution < -0.4 is 10.6 Å². The molecule has 0 aromatic rings. The molecule has 0 aliphatic heterocycles. The summed E-state index contributed by atoms with van der Waals surface area (Å²) in [5.41, 5.74) is 5.31. The minimum Gasteiger partial charge on any atom is -0.277 e. The van der Waals surface area contributed by atoms with E-state index in [4.69, 9.17) is 5.50 Å². The Kier molecular flexibility index (Phi) is 4.58. The molecule has 9 heavy (non-hydrogen) atoms. The van der Waals surface area contributed by atoms with Gasteiger partial charge in [0.2, 0.25) is 0 Å². The van der Waals surface area contributed by atoms with Gasteiger partial charge in [-0.3, -0.25) is 10.1 Å². The van der Waals surface area contributed by atoms with E-state index in [0.717, 1.165) is 12.2 Å². The Morgan fingerprint density at radius 1 is 1.78 bits per heavy atom. The van der Waals surface area contributed by atoms with Crippen molar-refractivity contribution in [3.63, 3.8) is 0 Å². The zero-order valence-electron chi connectivity index (χ0n) is 5.76. The number of rotatable bonds is 4. The summed E-state index contributed by atoms with van der Waals surface area (Å²) in [6.45, 7) is -0.493. The number of nitrogens with one attached hydrogen (secondary N) is 1. The fourth-order valence-electron chi connectivity index (χ4n) is 0.291. The minimum absolute atomic E-state index is 0.856. The standard InChI is InChI=1S/C4H13N2OPS/c1-3-4-9-8(5,7)6-2/h3-4H2,1-2H3,(H3,5,6,7). The lowest BCUT2D eigenvalue weighted by atomic mass is 10.6. The van der Waals surface area contributed by atoms with E-state index in [1.807, 2.05) is 6.92 Å². The van der Waals surface area contributed by atoms with Crippen LogP contribution in [0, 0.1) is 0 Å². The molecule has 0 amide bonds. The fraction of sp³-hybridized carbons (Fsp3) is 1.00. The van der Waals surface area contributed by atoms with Crippen LogP contribution in [0.25, 0.3) is 0 Å². The zero-order chi connectivity index (χ0) is 7.33. The third kappa shape index (κ3) is 4.97. The molecule has 0 heterocycles. The molecule has 5 heteroatoms. The predicted octanol–water partition coefficient (Wildman–Crippen LogP) is 1.42. The second-order valence-corrected chi connectivity index (χ2v) is 6.36. The van der Waals surface area contributed by atoms with Crippen LogP contribution in [-0.4, -0.2) is 12.8 Å². The summed E-state index contributed by atoms with van der Waals surface area (Å²) in [5.74, 6) is 0.856. The monoisotopic (exact) mass is 168 g/mol. The van der Waals surface area contributed by atoms with E-state index in [2.05, 4.69) is 5.09 Å². The fourth-order valence-corrected chi connectivity index (χ4v) is 2.62. The molecule has 0 fully saturated rings. The zero-order valence-corrected chi connectivity index (χ0v) is 7.47. The van der Waals surface area contributed by atoms with Crippen molar-refractivity contribution in [2.45, 2.75) is 13.3 Å². The van der Waals surface area contributed by atoms with Crippen LogP contribution in [0.4, 0.5) is 0 Å². The van der Waals surface area contributed by atoms with E-state index in [1.165, 1.54) is 11.4 Å². The molecule has 0 aromatic heterocycles. The van der Waals surface area contributed by atoms with Crippen molar-refractivity contribution in [3.05, 3.63) is 0 Å². The molecule has 0 aliphatic carbocycles. The Hall–Kier alpha value is 0.500. The molecule has 0 saturated carbocycles. The Bertz CT molecular complexity index is 119. The van der Waals surface area contributed by atoms with Crippen molar-refractivity contribution in [3.8, 4) is 0 Å². The SMILES string of the molecule is CCCSP(N)(=O)NC. The maximum atomic E-state index is 11.0. The number of nitrogens with two attached hydrogens (primary N) is 1. The highest BCUT2D eigenvalue weighted by atomic mass is 32.7. The molecule has 0 saturated heterocycles. The van der Waals surface area contributed by atoms with Crippen LogP contribution in [-0.2, 0) is 4.57 Å². The molecule has 0 spiro atoms. The van der Waals surface area contributed by atoms with Crippen molar-refractivity contribution in [2.75, 3.05) is 12.8 Å². The van der Waals surface area contributed by atoms with E-state index in [9.17, 15) is 4.57 Å².